The summed E-state index contributed by atoms with van der Waals surface area (Å²) in [6, 6.07) is 16.3. The highest BCUT2D eigenvalue weighted by molar-refractivity contribution is 5.92. The summed E-state index contributed by atoms with van der Waals surface area (Å²) in [6.07, 6.45) is 2.90. The third-order valence-electron chi connectivity index (χ3n) is 8.28. The van der Waals surface area contributed by atoms with Crippen molar-refractivity contribution in [2.75, 3.05) is 13.2 Å². The second kappa shape index (κ2) is 7.86. The minimum Gasteiger partial charge on any atom is -0.479 e. The first-order valence-corrected chi connectivity index (χ1v) is 12.2. The number of hydrogen-bond donors (Lipinski definition) is 2. The summed E-state index contributed by atoms with van der Waals surface area (Å²) in [5.74, 6) is -1.08. The smallest absolute Gasteiger partial charge is 0.407 e. The number of carboxylic acids is 1. The zero-order valence-electron chi connectivity index (χ0n) is 18.9. The first-order valence-electron chi connectivity index (χ1n) is 12.2. The van der Waals surface area contributed by atoms with Gasteiger partial charge >= 0.3 is 12.1 Å². The van der Waals surface area contributed by atoms with Crippen LogP contribution < -0.4 is 5.32 Å². The molecule has 34 heavy (non-hydrogen) atoms. The van der Waals surface area contributed by atoms with Gasteiger partial charge in [0.2, 0.25) is 5.91 Å². The second-order valence-corrected chi connectivity index (χ2v) is 10.1. The predicted molar refractivity (Wildman–Crippen MR) is 124 cm³/mol. The third-order valence-corrected chi connectivity index (χ3v) is 8.28. The number of likely N-dealkylation sites (tertiary alicyclic amines) is 1. The third kappa shape index (κ3) is 3.21. The van der Waals surface area contributed by atoms with Crippen molar-refractivity contribution in [1.82, 2.24) is 10.2 Å². The molecule has 7 nitrogen and oxygen atoms in total. The van der Waals surface area contributed by atoms with Crippen LogP contribution in [0.4, 0.5) is 4.79 Å². The Kier molecular flexibility index (Phi) is 4.90. The van der Waals surface area contributed by atoms with Crippen molar-refractivity contribution < 1.29 is 24.2 Å². The molecule has 0 spiro atoms. The van der Waals surface area contributed by atoms with E-state index in [4.69, 9.17) is 4.74 Å². The number of nitrogens with one attached hydrogen (secondary N) is 1. The molecule has 1 aliphatic heterocycles. The van der Waals surface area contributed by atoms with Gasteiger partial charge in [0, 0.05) is 24.4 Å². The van der Waals surface area contributed by atoms with Gasteiger partial charge in [-0.3, -0.25) is 4.79 Å². The van der Waals surface area contributed by atoms with Crippen LogP contribution in [0.3, 0.4) is 0 Å². The fourth-order valence-corrected chi connectivity index (χ4v) is 6.33. The highest BCUT2D eigenvalue weighted by Gasteiger charge is 2.67. The van der Waals surface area contributed by atoms with E-state index in [1.165, 1.54) is 11.1 Å². The number of nitrogens with zero attached hydrogens (tertiary/aromatic N) is 1. The molecule has 2 aromatic rings. The second-order valence-electron chi connectivity index (χ2n) is 10.1. The van der Waals surface area contributed by atoms with Crippen LogP contribution in [0.5, 0.6) is 0 Å². The van der Waals surface area contributed by atoms with Crippen molar-refractivity contribution in [3.8, 4) is 11.1 Å². The standard InChI is InChI=1S/C27H28N2O5/c30-24(29-11-5-6-17-14-27(17,29)25(31)32)16-12-18(13-16)28-26(33)34-15-23-21-9-3-1-7-19(21)20-8-2-4-10-22(20)23/h1-4,7-10,16-18,23H,5-6,11-15H2,(H,28,33)(H,31,32). The number of hydrogen-bond acceptors (Lipinski definition) is 4. The lowest BCUT2D eigenvalue weighted by atomic mass is 9.78. The van der Waals surface area contributed by atoms with Crippen LogP contribution in [0, 0.1) is 11.8 Å². The number of aliphatic carboxylic acids is 1. The van der Waals surface area contributed by atoms with Gasteiger partial charge in [0.05, 0.1) is 0 Å². The number of amides is 2. The van der Waals surface area contributed by atoms with Gasteiger partial charge in [-0.15, -0.1) is 0 Å². The molecule has 4 aliphatic rings. The molecule has 7 heteroatoms. The minimum atomic E-state index is -0.972. The molecule has 176 valence electrons. The van der Waals surface area contributed by atoms with Gasteiger partial charge in [0.15, 0.2) is 0 Å². The van der Waals surface area contributed by atoms with Crippen LogP contribution in [0.15, 0.2) is 48.5 Å². The van der Waals surface area contributed by atoms with Crippen molar-refractivity contribution in [3.05, 3.63) is 59.7 Å². The fraction of sp³-hybridized carbons (Fsp3) is 0.444. The van der Waals surface area contributed by atoms with Crippen LogP contribution in [0.1, 0.15) is 49.1 Å². The first kappa shape index (κ1) is 21.2. The molecule has 3 fully saturated rings. The number of fused-ring (bicyclic) bond motifs is 4. The average Bonchev–Trinajstić information content (AvgIpc) is 3.50. The fourth-order valence-electron chi connectivity index (χ4n) is 6.33. The summed E-state index contributed by atoms with van der Waals surface area (Å²) in [5, 5.41) is 12.6. The molecule has 3 aliphatic carbocycles. The summed E-state index contributed by atoms with van der Waals surface area (Å²) >= 11 is 0. The molecule has 2 atom stereocenters. The van der Waals surface area contributed by atoms with Crippen LogP contribution in [-0.2, 0) is 14.3 Å². The molecule has 0 bridgehead atoms. The number of ether oxygens (including phenoxy) is 1. The van der Waals surface area contributed by atoms with E-state index >= 15 is 0 Å². The topological polar surface area (TPSA) is 95.9 Å². The Hall–Kier alpha value is -3.35. The Morgan fingerprint density at radius 3 is 2.32 bits per heavy atom. The predicted octanol–water partition coefficient (Wildman–Crippen LogP) is 3.77. The molecular weight excluding hydrogens is 432 g/mol. The lowest BCUT2D eigenvalue weighted by Gasteiger charge is -2.41. The molecule has 1 heterocycles. The number of alkyl carbamates (subject to hydrolysis) is 1. The van der Waals surface area contributed by atoms with E-state index in [-0.39, 0.29) is 36.3 Å². The summed E-state index contributed by atoms with van der Waals surface area (Å²) < 4.78 is 5.61. The van der Waals surface area contributed by atoms with E-state index < -0.39 is 17.6 Å². The van der Waals surface area contributed by atoms with E-state index in [1.54, 1.807) is 4.90 Å². The molecule has 2 N–H and O–H groups in total. The Labute approximate surface area is 198 Å². The van der Waals surface area contributed by atoms with E-state index in [2.05, 4.69) is 29.6 Å². The lowest BCUT2D eigenvalue weighted by molar-refractivity contribution is -0.158. The number of rotatable bonds is 5. The van der Waals surface area contributed by atoms with E-state index in [9.17, 15) is 19.5 Å². The maximum absolute atomic E-state index is 13.0. The summed E-state index contributed by atoms with van der Waals surface area (Å²) in [4.78, 5) is 39.0. The van der Waals surface area contributed by atoms with E-state index in [0.29, 0.717) is 25.8 Å². The van der Waals surface area contributed by atoms with E-state index in [1.807, 2.05) is 24.3 Å². The Balaban J connectivity index is 1.03. The molecule has 2 saturated carbocycles. The quantitative estimate of drug-likeness (QED) is 0.708. The van der Waals surface area contributed by atoms with Gasteiger partial charge in [-0.1, -0.05) is 48.5 Å². The molecule has 0 aromatic heterocycles. The Bertz CT molecular complexity index is 1130. The molecular formula is C27H28N2O5. The summed E-state index contributed by atoms with van der Waals surface area (Å²) in [7, 11) is 0. The van der Waals surface area contributed by atoms with Crippen LogP contribution in [0.2, 0.25) is 0 Å². The number of carbonyl (C=O) groups excluding carboxylic acids is 2. The number of benzene rings is 2. The molecule has 2 aromatic carbocycles. The maximum Gasteiger partial charge on any atom is 0.407 e. The average molecular weight is 461 g/mol. The van der Waals surface area contributed by atoms with Crippen molar-refractivity contribution in [2.45, 2.75) is 49.6 Å². The Morgan fingerprint density at radius 1 is 1.03 bits per heavy atom. The molecule has 1 saturated heterocycles. The zero-order chi connectivity index (χ0) is 23.4. The van der Waals surface area contributed by atoms with Gasteiger partial charge in [-0.2, -0.15) is 0 Å². The van der Waals surface area contributed by atoms with Crippen LogP contribution in [0.25, 0.3) is 11.1 Å². The summed E-state index contributed by atoms with van der Waals surface area (Å²) in [6.45, 7) is 0.772. The van der Waals surface area contributed by atoms with Crippen molar-refractivity contribution >= 4 is 18.0 Å². The van der Waals surface area contributed by atoms with Gasteiger partial charge in [0.25, 0.3) is 0 Å². The van der Waals surface area contributed by atoms with Gasteiger partial charge in [-0.25, -0.2) is 9.59 Å². The van der Waals surface area contributed by atoms with Crippen LogP contribution in [-0.4, -0.2) is 52.7 Å². The summed E-state index contributed by atoms with van der Waals surface area (Å²) in [5.41, 5.74) is 3.72. The number of carbonyl (C=O) groups is 3. The number of carboxylic acid groups (broad SMARTS) is 1. The van der Waals surface area contributed by atoms with Gasteiger partial charge in [0.1, 0.15) is 12.1 Å². The molecule has 2 amide bonds. The highest BCUT2D eigenvalue weighted by Crippen LogP contribution is 2.55. The van der Waals surface area contributed by atoms with Crippen LogP contribution >= 0.6 is 0 Å². The first-order chi connectivity index (χ1) is 16.5. The zero-order valence-corrected chi connectivity index (χ0v) is 18.9. The van der Waals surface area contributed by atoms with Gasteiger partial charge in [-0.05, 0) is 60.3 Å². The minimum absolute atomic E-state index is 0.00617. The van der Waals surface area contributed by atoms with Crippen molar-refractivity contribution in [1.29, 1.82) is 0 Å². The Morgan fingerprint density at radius 2 is 1.68 bits per heavy atom. The SMILES string of the molecule is O=C(NC1CC(C(=O)N2CCCC3CC32C(=O)O)C1)OCC1c2ccccc2-c2ccccc21. The largest absolute Gasteiger partial charge is 0.479 e. The molecule has 2 unspecified atom stereocenters. The molecule has 0 radical (unpaired) electrons. The maximum atomic E-state index is 13.0. The number of piperidine rings is 1. The normalized spacial score (nSPS) is 28.7. The monoisotopic (exact) mass is 460 g/mol. The van der Waals surface area contributed by atoms with Crippen molar-refractivity contribution in [2.24, 2.45) is 11.8 Å². The van der Waals surface area contributed by atoms with E-state index in [0.717, 1.165) is 24.0 Å². The highest BCUT2D eigenvalue weighted by atomic mass is 16.5. The van der Waals surface area contributed by atoms with Crippen molar-refractivity contribution in [3.63, 3.8) is 0 Å². The molecule has 6 rings (SSSR count). The van der Waals surface area contributed by atoms with Gasteiger partial charge < -0.3 is 20.1 Å². The lowest BCUT2D eigenvalue weighted by Crippen LogP contribution is -2.57.